The summed E-state index contributed by atoms with van der Waals surface area (Å²) in [5.41, 5.74) is 0.983. The molecule has 0 aliphatic heterocycles. The van der Waals surface area contributed by atoms with Crippen molar-refractivity contribution in [2.45, 2.75) is 12.8 Å². The van der Waals surface area contributed by atoms with Crippen LogP contribution in [0.1, 0.15) is 23.2 Å². The highest BCUT2D eigenvalue weighted by Gasteiger charge is 2.09. The van der Waals surface area contributed by atoms with Crippen LogP contribution in [-0.2, 0) is 0 Å². The topological polar surface area (TPSA) is 67.8 Å². The second-order valence-electron chi connectivity index (χ2n) is 5.55. The zero-order valence-corrected chi connectivity index (χ0v) is 13.9. The van der Waals surface area contributed by atoms with Crippen LogP contribution in [0.5, 0.6) is 17.2 Å². The summed E-state index contributed by atoms with van der Waals surface area (Å²) in [7, 11) is 1.47. The molecule has 0 radical (unpaired) electrons. The number of benzene rings is 2. The van der Waals surface area contributed by atoms with Crippen molar-refractivity contribution in [3.63, 3.8) is 0 Å². The minimum Gasteiger partial charge on any atom is -0.504 e. The molecule has 2 aromatic carbocycles. The highest BCUT2D eigenvalue weighted by atomic mass is 16.5. The first-order valence-corrected chi connectivity index (χ1v) is 7.98. The van der Waals surface area contributed by atoms with Crippen molar-refractivity contribution < 1.29 is 19.4 Å². The lowest BCUT2D eigenvalue weighted by atomic mass is 10.1. The zero-order chi connectivity index (χ0) is 17.6. The van der Waals surface area contributed by atoms with Crippen molar-refractivity contribution in [1.82, 2.24) is 0 Å². The molecule has 0 atom stereocenters. The molecule has 1 aliphatic rings. The summed E-state index contributed by atoms with van der Waals surface area (Å²) in [6.07, 6.45) is 8.06. The Balaban J connectivity index is 1.65. The summed E-state index contributed by atoms with van der Waals surface area (Å²) in [6, 6.07) is 11.6. The van der Waals surface area contributed by atoms with Gasteiger partial charge in [0, 0.05) is 17.3 Å². The summed E-state index contributed by atoms with van der Waals surface area (Å²) in [4.78, 5) is 12.3. The summed E-state index contributed by atoms with van der Waals surface area (Å²) in [5, 5.41) is 12.5. The number of anilines is 1. The van der Waals surface area contributed by atoms with Gasteiger partial charge < -0.3 is 19.9 Å². The minimum absolute atomic E-state index is 0.0298. The van der Waals surface area contributed by atoms with Crippen LogP contribution in [0.2, 0.25) is 0 Å². The lowest BCUT2D eigenvalue weighted by Gasteiger charge is -2.11. The molecule has 0 saturated carbocycles. The van der Waals surface area contributed by atoms with Crippen molar-refractivity contribution in [3.8, 4) is 17.2 Å². The molecule has 0 bridgehead atoms. The molecule has 3 rings (SSSR count). The van der Waals surface area contributed by atoms with Crippen molar-refractivity contribution >= 4 is 11.6 Å². The molecular weight excluding hydrogens is 318 g/mol. The number of hydrogen-bond donors (Lipinski definition) is 2. The van der Waals surface area contributed by atoms with Gasteiger partial charge in [-0.25, -0.2) is 0 Å². The molecule has 1 amide bonds. The molecule has 25 heavy (non-hydrogen) atoms. The Morgan fingerprint density at radius 1 is 1.12 bits per heavy atom. The molecule has 0 unspecified atom stereocenters. The average Bonchev–Trinajstić information content (AvgIpc) is 2.63. The van der Waals surface area contributed by atoms with Crippen LogP contribution in [-0.4, -0.2) is 18.1 Å². The number of allylic oxidation sites excluding steroid dienone is 3. The van der Waals surface area contributed by atoms with Crippen LogP contribution >= 0.6 is 0 Å². The highest BCUT2D eigenvalue weighted by molar-refractivity contribution is 6.04. The van der Waals surface area contributed by atoms with Gasteiger partial charge in [0.1, 0.15) is 11.5 Å². The fourth-order valence-corrected chi connectivity index (χ4v) is 2.45. The van der Waals surface area contributed by atoms with E-state index in [2.05, 4.69) is 11.4 Å². The van der Waals surface area contributed by atoms with E-state index in [1.807, 2.05) is 12.2 Å². The van der Waals surface area contributed by atoms with Gasteiger partial charge in [-0.15, -0.1) is 0 Å². The van der Waals surface area contributed by atoms with Crippen molar-refractivity contribution in [1.29, 1.82) is 0 Å². The third-order valence-corrected chi connectivity index (χ3v) is 3.75. The fraction of sp³-hybridized carbons (Fsp3) is 0.150. The van der Waals surface area contributed by atoms with Crippen LogP contribution in [0.3, 0.4) is 0 Å². The monoisotopic (exact) mass is 337 g/mol. The van der Waals surface area contributed by atoms with E-state index in [1.54, 1.807) is 36.4 Å². The molecule has 0 heterocycles. The number of methoxy groups -OCH3 is 1. The number of aromatic hydroxyl groups is 1. The number of rotatable bonds is 5. The predicted octanol–water partition coefficient (Wildman–Crippen LogP) is 4.27. The molecular formula is C20H19NO4. The van der Waals surface area contributed by atoms with Crippen LogP contribution in [0.4, 0.5) is 5.69 Å². The SMILES string of the molecule is COc1ccc(NC(=O)c2ccc(OC3=CCCC=C3)cc2)cc1O. The Hall–Kier alpha value is -3.21. The summed E-state index contributed by atoms with van der Waals surface area (Å²) in [5.74, 6) is 1.55. The first-order chi connectivity index (χ1) is 12.2. The van der Waals surface area contributed by atoms with Gasteiger partial charge in [-0.1, -0.05) is 6.08 Å². The first-order valence-electron chi connectivity index (χ1n) is 7.98. The molecule has 1 aliphatic carbocycles. The van der Waals surface area contributed by atoms with Crippen LogP contribution in [0.25, 0.3) is 0 Å². The average molecular weight is 337 g/mol. The third kappa shape index (κ3) is 4.20. The summed E-state index contributed by atoms with van der Waals surface area (Å²) >= 11 is 0. The van der Waals surface area contributed by atoms with E-state index in [-0.39, 0.29) is 11.7 Å². The van der Waals surface area contributed by atoms with E-state index in [4.69, 9.17) is 9.47 Å². The van der Waals surface area contributed by atoms with E-state index >= 15 is 0 Å². The molecule has 128 valence electrons. The molecule has 0 aromatic heterocycles. The number of amides is 1. The summed E-state index contributed by atoms with van der Waals surface area (Å²) < 4.78 is 10.7. The van der Waals surface area contributed by atoms with Gasteiger partial charge in [-0.05, 0) is 61.4 Å². The van der Waals surface area contributed by atoms with Gasteiger partial charge in [0.2, 0.25) is 0 Å². The molecule has 5 heteroatoms. The maximum Gasteiger partial charge on any atom is 0.255 e. The van der Waals surface area contributed by atoms with E-state index in [9.17, 15) is 9.90 Å². The van der Waals surface area contributed by atoms with Crippen molar-refractivity contribution in [3.05, 3.63) is 72.0 Å². The maximum absolute atomic E-state index is 12.3. The second-order valence-corrected chi connectivity index (χ2v) is 5.55. The van der Waals surface area contributed by atoms with Gasteiger partial charge in [0.05, 0.1) is 7.11 Å². The molecule has 0 fully saturated rings. The summed E-state index contributed by atoms with van der Waals surface area (Å²) in [6.45, 7) is 0. The molecule has 2 aromatic rings. The number of ether oxygens (including phenoxy) is 2. The van der Waals surface area contributed by atoms with E-state index in [1.165, 1.54) is 13.2 Å². The Morgan fingerprint density at radius 3 is 2.56 bits per heavy atom. The minimum atomic E-state index is -0.270. The van der Waals surface area contributed by atoms with Gasteiger partial charge in [0.25, 0.3) is 5.91 Å². The number of phenols is 1. The molecule has 5 nitrogen and oxygen atoms in total. The van der Waals surface area contributed by atoms with Crippen LogP contribution in [0, 0.1) is 0 Å². The Labute approximate surface area is 146 Å². The van der Waals surface area contributed by atoms with Crippen LogP contribution < -0.4 is 14.8 Å². The van der Waals surface area contributed by atoms with Gasteiger partial charge in [-0.3, -0.25) is 4.79 Å². The van der Waals surface area contributed by atoms with Crippen molar-refractivity contribution in [2.24, 2.45) is 0 Å². The normalized spacial score (nSPS) is 13.1. The third-order valence-electron chi connectivity index (χ3n) is 3.75. The van der Waals surface area contributed by atoms with Gasteiger partial charge >= 0.3 is 0 Å². The number of carbonyl (C=O) groups excluding carboxylic acids is 1. The molecule has 0 saturated heterocycles. The van der Waals surface area contributed by atoms with E-state index < -0.39 is 0 Å². The lowest BCUT2D eigenvalue weighted by molar-refractivity contribution is 0.102. The standard InChI is InChI=1S/C20H19NO4/c1-24-19-12-9-15(13-18(19)22)21-20(23)14-7-10-17(11-8-14)25-16-5-3-2-4-6-16/h3,5-13,22H,2,4H2,1H3,(H,21,23). The molecule has 0 spiro atoms. The number of nitrogens with one attached hydrogen (secondary N) is 1. The lowest BCUT2D eigenvalue weighted by Crippen LogP contribution is -2.11. The quantitative estimate of drug-likeness (QED) is 0.855. The Kier molecular flexibility index (Phi) is 5.04. The Morgan fingerprint density at radius 2 is 1.92 bits per heavy atom. The molecule has 2 N–H and O–H groups in total. The van der Waals surface area contributed by atoms with Gasteiger partial charge in [-0.2, -0.15) is 0 Å². The number of phenolic OH excluding ortho intramolecular Hbond substituents is 1. The maximum atomic E-state index is 12.3. The predicted molar refractivity (Wildman–Crippen MR) is 96.1 cm³/mol. The number of carbonyl (C=O) groups is 1. The Bertz CT molecular complexity index is 822. The zero-order valence-electron chi connectivity index (χ0n) is 13.9. The largest absolute Gasteiger partial charge is 0.504 e. The second kappa shape index (κ2) is 7.57. The van der Waals surface area contributed by atoms with Crippen LogP contribution in [0.15, 0.2) is 66.5 Å². The van der Waals surface area contributed by atoms with Gasteiger partial charge in [0.15, 0.2) is 11.5 Å². The fourth-order valence-electron chi connectivity index (χ4n) is 2.45. The number of hydrogen-bond acceptors (Lipinski definition) is 4. The van der Waals surface area contributed by atoms with E-state index in [0.29, 0.717) is 22.7 Å². The highest BCUT2D eigenvalue weighted by Crippen LogP contribution is 2.28. The first kappa shape index (κ1) is 16.6. The van der Waals surface area contributed by atoms with E-state index in [0.717, 1.165) is 18.6 Å². The smallest absolute Gasteiger partial charge is 0.255 e. The van der Waals surface area contributed by atoms with Crippen molar-refractivity contribution in [2.75, 3.05) is 12.4 Å².